The number of unbranched alkanes of at least 4 members (excludes halogenated alkanes) is 1. The van der Waals surface area contributed by atoms with Crippen LogP contribution in [0.3, 0.4) is 0 Å². The van der Waals surface area contributed by atoms with E-state index in [0.29, 0.717) is 16.5 Å². The van der Waals surface area contributed by atoms with Crippen molar-refractivity contribution in [2.24, 2.45) is 5.73 Å². The van der Waals surface area contributed by atoms with Gasteiger partial charge in [-0.2, -0.15) is 0 Å². The van der Waals surface area contributed by atoms with Crippen LogP contribution in [-0.4, -0.2) is 6.04 Å². The Labute approximate surface area is 107 Å². The molecule has 86 valence electrons. The molecule has 0 aliphatic heterocycles. The summed E-state index contributed by atoms with van der Waals surface area (Å²) in [5, 5.41) is 1.36. The fourth-order valence-electron chi connectivity index (χ4n) is 1.56. The Morgan fingerprint density at radius 1 is 1.31 bits per heavy atom. The Morgan fingerprint density at radius 3 is 2.50 bits per heavy atom. The average Bonchev–Trinajstić information content (AvgIpc) is 2.24. The van der Waals surface area contributed by atoms with E-state index in [4.69, 9.17) is 35.4 Å². The molecule has 0 amide bonds. The second-order valence-electron chi connectivity index (χ2n) is 3.76. The van der Waals surface area contributed by atoms with E-state index in [-0.39, 0.29) is 6.04 Å². The molecule has 0 aliphatic rings. The van der Waals surface area contributed by atoms with Crippen molar-refractivity contribution >= 4 is 23.2 Å². The monoisotopic (exact) mass is 255 g/mol. The molecule has 3 heteroatoms. The highest BCUT2D eigenvalue weighted by Gasteiger charge is 2.10. The van der Waals surface area contributed by atoms with Crippen LogP contribution in [0.25, 0.3) is 0 Å². The molecule has 0 radical (unpaired) electrons. The van der Waals surface area contributed by atoms with Crippen LogP contribution in [-0.2, 0) is 6.42 Å². The van der Waals surface area contributed by atoms with E-state index in [1.54, 1.807) is 0 Å². The first-order valence-electron chi connectivity index (χ1n) is 5.27. The van der Waals surface area contributed by atoms with E-state index in [1.165, 1.54) is 0 Å². The van der Waals surface area contributed by atoms with Crippen molar-refractivity contribution in [3.05, 3.63) is 33.8 Å². The number of hydrogen-bond acceptors (Lipinski definition) is 1. The molecular formula is C13H15Cl2N. The maximum atomic E-state index is 6.06. The van der Waals surface area contributed by atoms with Crippen molar-refractivity contribution in [2.75, 3.05) is 0 Å². The first kappa shape index (κ1) is 13.4. The highest BCUT2D eigenvalue weighted by atomic mass is 35.5. The van der Waals surface area contributed by atoms with Gasteiger partial charge in [0, 0.05) is 22.5 Å². The van der Waals surface area contributed by atoms with E-state index in [2.05, 4.69) is 5.92 Å². The summed E-state index contributed by atoms with van der Waals surface area (Å²) >= 11 is 12.1. The molecule has 1 unspecified atom stereocenters. The van der Waals surface area contributed by atoms with Gasteiger partial charge < -0.3 is 5.73 Å². The summed E-state index contributed by atoms with van der Waals surface area (Å²) in [6.45, 7) is 0. The van der Waals surface area contributed by atoms with Crippen LogP contribution in [0, 0.1) is 12.3 Å². The molecule has 1 rings (SSSR count). The van der Waals surface area contributed by atoms with Gasteiger partial charge in [-0.25, -0.2) is 0 Å². The Morgan fingerprint density at radius 2 is 1.94 bits per heavy atom. The van der Waals surface area contributed by atoms with Crippen molar-refractivity contribution in [1.29, 1.82) is 0 Å². The van der Waals surface area contributed by atoms with Crippen LogP contribution in [0.2, 0.25) is 10.0 Å². The third-order valence-electron chi connectivity index (χ3n) is 2.42. The van der Waals surface area contributed by atoms with Crippen LogP contribution in [0.5, 0.6) is 0 Å². The minimum atomic E-state index is 0.0609. The van der Waals surface area contributed by atoms with Gasteiger partial charge in [0.15, 0.2) is 0 Å². The van der Waals surface area contributed by atoms with Gasteiger partial charge in [-0.05, 0) is 37.0 Å². The van der Waals surface area contributed by atoms with Crippen molar-refractivity contribution in [3.8, 4) is 12.3 Å². The summed E-state index contributed by atoms with van der Waals surface area (Å²) in [7, 11) is 0. The molecule has 0 saturated carbocycles. The summed E-state index contributed by atoms with van der Waals surface area (Å²) < 4.78 is 0. The molecule has 1 aromatic carbocycles. The molecule has 0 heterocycles. The zero-order valence-corrected chi connectivity index (χ0v) is 10.6. The van der Waals surface area contributed by atoms with Crippen molar-refractivity contribution in [2.45, 2.75) is 31.7 Å². The van der Waals surface area contributed by atoms with Crippen LogP contribution in [0.4, 0.5) is 0 Å². The normalized spacial score (nSPS) is 12.1. The van der Waals surface area contributed by atoms with Crippen molar-refractivity contribution in [3.63, 3.8) is 0 Å². The third-order valence-corrected chi connectivity index (χ3v) is 3.13. The summed E-state index contributed by atoms with van der Waals surface area (Å²) in [4.78, 5) is 0. The molecule has 0 bridgehead atoms. The van der Waals surface area contributed by atoms with Gasteiger partial charge in [-0.1, -0.05) is 29.3 Å². The first-order valence-corrected chi connectivity index (χ1v) is 6.02. The Bertz CT molecular complexity index is 362. The maximum absolute atomic E-state index is 6.06. The lowest BCUT2D eigenvalue weighted by atomic mass is 10.0. The van der Waals surface area contributed by atoms with Gasteiger partial charge in [-0.15, -0.1) is 12.3 Å². The second kappa shape index (κ2) is 6.81. The lowest BCUT2D eigenvalue weighted by Crippen LogP contribution is -2.22. The van der Waals surface area contributed by atoms with Gasteiger partial charge in [0.25, 0.3) is 0 Å². The van der Waals surface area contributed by atoms with Gasteiger partial charge >= 0.3 is 0 Å². The van der Waals surface area contributed by atoms with E-state index in [0.717, 1.165) is 24.8 Å². The minimum Gasteiger partial charge on any atom is -0.327 e. The van der Waals surface area contributed by atoms with Gasteiger partial charge in [0.2, 0.25) is 0 Å². The lowest BCUT2D eigenvalue weighted by molar-refractivity contribution is 0.587. The molecule has 16 heavy (non-hydrogen) atoms. The zero-order valence-electron chi connectivity index (χ0n) is 9.05. The van der Waals surface area contributed by atoms with Crippen LogP contribution < -0.4 is 5.73 Å². The summed E-state index contributed by atoms with van der Waals surface area (Å²) in [5.74, 6) is 2.60. The highest BCUT2D eigenvalue weighted by Crippen LogP contribution is 2.25. The van der Waals surface area contributed by atoms with E-state index in [1.807, 2.05) is 18.2 Å². The van der Waals surface area contributed by atoms with Gasteiger partial charge in [-0.3, -0.25) is 0 Å². The quantitative estimate of drug-likeness (QED) is 0.631. The number of nitrogens with two attached hydrogens (primary N) is 1. The molecule has 1 aromatic rings. The van der Waals surface area contributed by atoms with Crippen molar-refractivity contribution < 1.29 is 0 Å². The predicted octanol–water partition coefficient (Wildman–Crippen LogP) is 3.67. The largest absolute Gasteiger partial charge is 0.327 e. The van der Waals surface area contributed by atoms with Crippen molar-refractivity contribution in [1.82, 2.24) is 0 Å². The Kier molecular flexibility index (Phi) is 5.69. The number of terminal acetylenes is 1. The standard InChI is InChI=1S/C13H15Cl2N/c1-2-3-4-6-10(16)9-11-12(14)7-5-8-13(11)15/h1,5,7-8,10H,3-4,6,9,16H2. The average molecular weight is 256 g/mol. The zero-order chi connectivity index (χ0) is 12.0. The Hall–Kier alpha value is -0.680. The van der Waals surface area contributed by atoms with E-state index < -0.39 is 0 Å². The highest BCUT2D eigenvalue weighted by molar-refractivity contribution is 6.35. The molecule has 1 atom stereocenters. The van der Waals surface area contributed by atoms with Gasteiger partial charge in [0.1, 0.15) is 0 Å². The fraction of sp³-hybridized carbons (Fsp3) is 0.385. The number of benzene rings is 1. The smallest absolute Gasteiger partial charge is 0.0453 e. The van der Waals surface area contributed by atoms with Crippen LogP contribution >= 0.6 is 23.2 Å². The molecular weight excluding hydrogens is 241 g/mol. The molecule has 1 nitrogen and oxygen atoms in total. The molecule has 0 fully saturated rings. The molecule has 0 aliphatic carbocycles. The van der Waals surface area contributed by atoms with E-state index in [9.17, 15) is 0 Å². The Balaban J connectivity index is 2.56. The third kappa shape index (κ3) is 4.06. The molecule has 2 N–H and O–H groups in total. The molecule has 0 aromatic heterocycles. The maximum Gasteiger partial charge on any atom is 0.0453 e. The fourth-order valence-corrected chi connectivity index (χ4v) is 2.11. The number of hydrogen-bond donors (Lipinski definition) is 1. The minimum absolute atomic E-state index is 0.0609. The number of rotatable bonds is 5. The predicted molar refractivity (Wildman–Crippen MR) is 70.8 cm³/mol. The first-order chi connectivity index (χ1) is 7.65. The summed E-state index contributed by atoms with van der Waals surface area (Å²) in [6.07, 6.45) is 8.49. The van der Waals surface area contributed by atoms with E-state index >= 15 is 0 Å². The van der Waals surface area contributed by atoms with Crippen LogP contribution in [0.15, 0.2) is 18.2 Å². The van der Waals surface area contributed by atoms with Gasteiger partial charge in [0.05, 0.1) is 0 Å². The second-order valence-corrected chi connectivity index (χ2v) is 4.58. The SMILES string of the molecule is C#CCCCC(N)Cc1c(Cl)cccc1Cl. The summed E-state index contributed by atoms with van der Waals surface area (Å²) in [5.41, 5.74) is 6.93. The van der Waals surface area contributed by atoms with Crippen LogP contribution in [0.1, 0.15) is 24.8 Å². The number of halogens is 2. The summed E-state index contributed by atoms with van der Waals surface area (Å²) in [6, 6.07) is 5.55. The molecule has 0 saturated heterocycles. The topological polar surface area (TPSA) is 26.0 Å². The lowest BCUT2D eigenvalue weighted by Gasteiger charge is -2.13. The molecule has 0 spiro atoms.